The molecule has 214 valence electrons. The van der Waals surface area contributed by atoms with Gasteiger partial charge < -0.3 is 20.3 Å². The van der Waals surface area contributed by atoms with Crippen LogP contribution < -0.4 is 5.73 Å². The van der Waals surface area contributed by atoms with E-state index in [1.165, 1.54) is 32.1 Å². The minimum absolute atomic E-state index is 0.0193. The van der Waals surface area contributed by atoms with Gasteiger partial charge in [-0.1, -0.05) is 43.0 Å². The number of nitrogens with zero attached hydrogens (tertiary/aromatic N) is 3. The maximum Gasteiger partial charge on any atom is 0.410 e. The molecule has 2 amide bonds. The Morgan fingerprint density at radius 1 is 1.05 bits per heavy atom. The second-order valence-electron chi connectivity index (χ2n) is 12.9. The summed E-state index contributed by atoms with van der Waals surface area (Å²) in [7, 11) is 0. The Hall–Kier alpha value is -2.48. The standard InChI is InChI=1S/C30H44ClN5O3/c1-29(2)20-39-28(38)36(29)19-30(22-6-4-3-5-7-22)13-16-34(17-14-30)26(37)24-12-15-35(27(32)33)18-25(24)21-8-10-23(31)11-9-21/h8-11,22,24-25H,3-7,12-20H2,1-2H3,(H3,32,33)/t24?,25-/m0/s1. The van der Waals surface area contributed by atoms with Crippen LogP contribution in [0.4, 0.5) is 4.79 Å². The van der Waals surface area contributed by atoms with Gasteiger partial charge in [-0.25, -0.2) is 4.79 Å². The van der Waals surface area contributed by atoms with Gasteiger partial charge in [0.15, 0.2) is 5.96 Å². The zero-order valence-electron chi connectivity index (χ0n) is 23.5. The van der Waals surface area contributed by atoms with Crippen LogP contribution in [0.25, 0.3) is 0 Å². The first-order valence-electron chi connectivity index (χ1n) is 14.7. The van der Waals surface area contributed by atoms with Gasteiger partial charge in [0.25, 0.3) is 0 Å². The molecular formula is C30H44ClN5O3. The Balaban J connectivity index is 1.33. The minimum Gasteiger partial charge on any atom is -0.447 e. The topological polar surface area (TPSA) is 103 Å². The van der Waals surface area contributed by atoms with Gasteiger partial charge in [0, 0.05) is 49.6 Å². The number of hydrogen-bond donors (Lipinski definition) is 2. The quantitative estimate of drug-likeness (QED) is 0.389. The van der Waals surface area contributed by atoms with Crippen LogP contribution in [-0.4, -0.2) is 77.5 Å². The summed E-state index contributed by atoms with van der Waals surface area (Å²) in [5.41, 5.74) is 6.63. The fourth-order valence-corrected chi connectivity index (χ4v) is 7.69. The number of likely N-dealkylation sites (tertiary alicyclic amines) is 2. The van der Waals surface area contributed by atoms with Gasteiger partial charge in [0.05, 0.1) is 5.54 Å². The van der Waals surface area contributed by atoms with Crippen LogP contribution in [0, 0.1) is 22.7 Å². The molecule has 1 aromatic carbocycles. The van der Waals surface area contributed by atoms with Crippen molar-refractivity contribution >= 4 is 29.6 Å². The lowest BCUT2D eigenvalue weighted by atomic mass is 9.63. The molecule has 8 nitrogen and oxygen atoms in total. The van der Waals surface area contributed by atoms with Crippen molar-refractivity contribution in [3.8, 4) is 0 Å². The van der Waals surface area contributed by atoms with E-state index in [4.69, 9.17) is 27.5 Å². The zero-order valence-corrected chi connectivity index (χ0v) is 24.2. The van der Waals surface area contributed by atoms with E-state index >= 15 is 0 Å². The number of ether oxygens (including phenoxy) is 1. The van der Waals surface area contributed by atoms with E-state index in [9.17, 15) is 9.59 Å². The van der Waals surface area contributed by atoms with Gasteiger partial charge >= 0.3 is 6.09 Å². The van der Waals surface area contributed by atoms with Crippen molar-refractivity contribution in [2.45, 2.75) is 76.7 Å². The largest absolute Gasteiger partial charge is 0.447 e. The number of halogens is 1. The Morgan fingerprint density at radius 2 is 1.72 bits per heavy atom. The summed E-state index contributed by atoms with van der Waals surface area (Å²) in [5.74, 6) is 0.636. The van der Waals surface area contributed by atoms with Crippen molar-refractivity contribution in [1.29, 1.82) is 5.41 Å². The lowest BCUT2D eigenvalue weighted by Crippen LogP contribution is -2.56. The van der Waals surface area contributed by atoms with Gasteiger partial charge in [-0.3, -0.25) is 15.1 Å². The van der Waals surface area contributed by atoms with Crippen LogP contribution in [0.3, 0.4) is 0 Å². The van der Waals surface area contributed by atoms with E-state index in [1.807, 2.05) is 34.1 Å². The zero-order chi connectivity index (χ0) is 27.8. The third kappa shape index (κ3) is 5.72. The summed E-state index contributed by atoms with van der Waals surface area (Å²) in [4.78, 5) is 32.7. The average Bonchev–Trinajstić information content (AvgIpc) is 3.20. The fraction of sp³-hybridized carbons (Fsp3) is 0.700. The van der Waals surface area contributed by atoms with E-state index in [0.29, 0.717) is 37.1 Å². The average molecular weight is 558 g/mol. The molecule has 3 N–H and O–H groups in total. The predicted octanol–water partition coefficient (Wildman–Crippen LogP) is 5.06. The Kier molecular flexibility index (Phi) is 8.05. The first-order chi connectivity index (χ1) is 18.6. The summed E-state index contributed by atoms with van der Waals surface area (Å²) in [6.45, 7) is 7.95. The number of amides is 2. The number of guanidine groups is 1. The van der Waals surface area contributed by atoms with Gasteiger partial charge in [0.2, 0.25) is 5.91 Å². The summed E-state index contributed by atoms with van der Waals surface area (Å²) in [5, 5.41) is 8.64. The van der Waals surface area contributed by atoms with Crippen molar-refractivity contribution in [1.82, 2.24) is 14.7 Å². The number of cyclic esters (lactones) is 1. The van der Waals surface area contributed by atoms with Crippen LogP contribution in [-0.2, 0) is 9.53 Å². The molecule has 0 spiro atoms. The number of nitrogens with two attached hydrogens (primary N) is 1. The highest BCUT2D eigenvalue weighted by molar-refractivity contribution is 6.30. The normalized spacial score (nSPS) is 27.4. The molecule has 3 saturated heterocycles. The van der Waals surface area contributed by atoms with Crippen molar-refractivity contribution in [2.75, 3.05) is 39.3 Å². The van der Waals surface area contributed by atoms with E-state index in [0.717, 1.165) is 38.0 Å². The highest BCUT2D eigenvalue weighted by Gasteiger charge is 2.50. The molecule has 4 fully saturated rings. The molecule has 2 atom stereocenters. The summed E-state index contributed by atoms with van der Waals surface area (Å²) < 4.78 is 5.47. The van der Waals surface area contributed by atoms with E-state index in [-0.39, 0.29) is 40.7 Å². The number of carbonyl (C=O) groups excluding carboxylic acids is 2. The molecule has 9 heteroatoms. The predicted molar refractivity (Wildman–Crippen MR) is 153 cm³/mol. The first kappa shape index (κ1) is 28.1. The van der Waals surface area contributed by atoms with Crippen molar-refractivity contribution < 1.29 is 14.3 Å². The van der Waals surface area contributed by atoms with Gasteiger partial charge in [0.1, 0.15) is 6.61 Å². The molecule has 4 aliphatic rings. The number of piperidine rings is 2. The third-order valence-electron chi connectivity index (χ3n) is 10.1. The van der Waals surface area contributed by atoms with Crippen LogP contribution in [0.5, 0.6) is 0 Å². The number of carbonyl (C=O) groups is 2. The fourth-order valence-electron chi connectivity index (χ4n) is 7.57. The maximum absolute atomic E-state index is 14.1. The monoisotopic (exact) mass is 557 g/mol. The molecule has 5 rings (SSSR count). The summed E-state index contributed by atoms with van der Waals surface area (Å²) in [6, 6.07) is 7.74. The van der Waals surface area contributed by atoms with E-state index < -0.39 is 0 Å². The smallest absolute Gasteiger partial charge is 0.410 e. The molecular weight excluding hydrogens is 514 g/mol. The highest BCUT2D eigenvalue weighted by atomic mass is 35.5. The van der Waals surface area contributed by atoms with Gasteiger partial charge in [-0.15, -0.1) is 0 Å². The molecule has 39 heavy (non-hydrogen) atoms. The number of rotatable bonds is 5. The molecule has 3 aliphatic heterocycles. The van der Waals surface area contributed by atoms with Crippen LogP contribution in [0.15, 0.2) is 24.3 Å². The molecule has 1 aromatic rings. The molecule has 0 aromatic heterocycles. The number of hydrogen-bond acceptors (Lipinski definition) is 4. The molecule has 1 saturated carbocycles. The van der Waals surface area contributed by atoms with Gasteiger partial charge in [-0.05, 0) is 75.0 Å². The number of benzene rings is 1. The highest BCUT2D eigenvalue weighted by Crippen LogP contribution is 2.48. The second-order valence-corrected chi connectivity index (χ2v) is 13.3. The van der Waals surface area contributed by atoms with Crippen molar-refractivity contribution in [3.05, 3.63) is 34.9 Å². The maximum atomic E-state index is 14.1. The second kappa shape index (κ2) is 11.2. The van der Waals surface area contributed by atoms with Crippen LogP contribution >= 0.6 is 11.6 Å². The van der Waals surface area contributed by atoms with Gasteiger partial charge in [-0.2, -0.15) is 0 Å². The van der Waals surface area contributed by atoms with Crippen LogP contribution in [0.1, 0.15) is 76.7 Å². The van der Waals surface area contributed by atoms with Crippen molar-refractivity contribution in [3.63, 3.8) is 0 Å². The Morgan fingerprint density at radius 3 is 2.31 bits per heavy atom. The third-order valence-corrected chi connectivity index (χ3v) is 10.3. The van der Waals surface area contributed by atoms with Crippen LogP contribution in [0.2, 0.25) is 5.02 Å². The molecule has 1 aliphatic carbocycles. The van der Waals surface area contributed by atoms with Crippen molar-refractivity contribution in [2.24, 2.45) is 23.0 Å². The molecule has 0 radical (unpaired) electrons. The molecule has 3 heterocycles. The SMILES string of the molecule is CC1(C)COC(=O)N1CC1(C2CCCCC2)CCN(C(=O)C2CCN(C(=N)N)C[C@H]2c2ccc(Cl)cc2)CC1. The van der Waals surface area contributed by atoms with E-state index in [1.54, 1.807) is 0 Å². The Bertz CT molecular complexity index is 1060. The summed E-state index contributed by atoms with van der Waals surface area (Å²) >= 11 is 6.16. The summed E-state index contributed by atoms with van der Waals surface area (Å²) in [6.07, 6.45) is 8.52. The Labute approximate surface area is 237 Å². The first-order valence-corrected chi connectivity index (χ1v) is 15.1. The lowest BCUT2D eigenvalue weighted by molar-refractivity contribution is -0.141. The molecule has 0 bridgehead atoms. The lowest BCUT2D eigenvalue weighted by Gasteiger charge is -2.51. The minimum atomic E-state index is -0.303. The number of nitrogens with one attached hydrogen (secondary N) is 1. The van der Waals surface area contributed by atoms with E-state index in [2.05, 4.69) is 18.7 Å². The molecule has 1 unspecified atom stereocenters.